The molecule has 4 rings (SSSR count). The normalized spacial score (nSPS) is 11.0. The number of rotatable bonds is 2. The third kappa shape index (κ3) is 2.27. The Labute approximate surface area is 134 Å². The van der Waals surface area contributed by atoms with Gasteiger partial charge in [0.2, 0.25) is 0 Å². The van der Waals surface area contributed by atoms with Crippen LogP contribution in [0.3, 0.4) is 0 Å². The largest absolute Gasteiger partial charge is 0.507 e. The Bertz CT molecular complexity index is 984. The van der Waals surface area contributed by atoms with Crippen molar-refractivity contribution in [3.63, 3.8) is 0 Å². The molecule has 0 unspecified atom stereocenters. The van der Waals surface area contributed by atoms with Crippen LogP contribution in [0.25, 0.3) is 28.2 Å². The molecule has 2 aromatic heterocycles. The van der Waals surface area contributed by atoms with Crippen molar-refractivity contribution in [1.82, 2.24) is 9.38 Å². The Morgan fingerprint density at radius 1 is 0.870 bits per heavy atom. The number of imidazole rings is 1. The second-order valence-electron chi connectivity index (χ2n) is 5.62. The summed E-state index contributed by atoms with van der Waals surface area (Å²) in [4.78, 5) is 4.82. The lowest BCUT2D eigenvalue weighted by atomic mass is 10.1. The number of hydrogen-bond acceptors (Lipinski definition) is 2. The molecule has 112 valence electrons. The Balaban J connectivity index is 2.01. The molecule has 3 heteroatoms. The summed E-state index contributed by atoms with van der Waals surface area (Å²) in [5.41, 5.74) is 4.78. The van der Waals surface area contributed by atoms with Gasteiger partial charge in [-0.15, -0.1) is 0 Å². The van der Waals surface area contributed by atoms with E-state index < -0.39 is 0 Å². The average molecular weight is 300 g/mol. The minimum atomic E-state index is 0.242. The Hall–Kier alpha value is -3.07. The molecule has 4 aromatic rings. The van der Waals surface area contributed by atoms with Crippen LogP contribution in [0.4, 0.5) is 0 Å². The average Bonchev–Trinajstić information content (AvgIpc) is 2.96. The smallest absolute Gasteiger partial charge is 0.145 e. The first-order valence-corrected chi connectivity index (χ1v) is 7.56. The maximum Gasteiger partial charge on any atom is 0.145 e. The highest BCUT2D eigenvalue weighted by Crippen LogP contribution is 2.34. The zero-order valence-corrected chi connectivity index (χ0v) is 12.8. The SMILES string of the molecule is Cc1ccc(-c2nc(-c3ccccc3O)c3ccccn23)cc1. The molecule has 1 N–H and O–H groups in total. The standard InChI is InChI=1S/C20H16N2O/c1-14-9-11-15(12-10-14)20-21-19(16-6-2-3-8-18(16)23)17-7-4-5-13-22(17)20/h2-13,23H,1H3. The first kappa shape index (κ1) is 13.6. The van der Waals surface area contributed by atoms with E-state index in [1.54, 1.807) is 6.07 Å². The van der Waals surface area contributed by atoms with Crippen LogP contribution in [0, 0.1) is 6.92 Å². The molecule has 0 fully saturated rings. The van der Waals surface area contributed by atoms with Crippen molar-refractivity contribution in [2.75, 3.05) is 0 Å². The molecule has 0 aliphatic heterocycles. The number of phenolic OH excluding ortho intramolecular Hbond substituents is 1. The molecule has 2 aromatic carbocycles. The van der Waals surface area contributed by atoms with Gasteiger partial charge in [-0.1, -0.05) is 48.0 Å². The molecule has 23 heavy (non-hydrogen) atoms. The second-order valence-corrected chi connectivity index (χ2v) is 5.62. The number of para-hydroxylation sites is 1. The monoisotopic (exact) mass is 300 g/mol. The van der Waals surface area contributed by atoms with Gasteiger partial charge in [-0.2, -0.15) is 0 Å². The van der Waals surface area contributed by atoms with Crippen molar-refractivity contribution >= 4 is 5.52 Å². The minimum absolute atomic E-state index is 0.242. The Morgan fingerprint density at radius 3 is 2.39 bits per heavy atom. The van der Waals surface area contributed by atoms with Crippen LogP contribution < -0.4 is 0 Å². The molecule has 0 radical (unpaired) electrons. The number of pyridine rings is 1. The van der Waals surface area contributed by atoms with Crippen molar-refractivity contribution in [3.05, 3.63) is 78.5 Å². The molecule has 0 aliphatic rings. The van der Waals surface area contributed by atoms with Gasteiger partial charge in [0.25, 0.3) is 0 Å². The number of hydrogen-bond donors (Lipinski definition) is 1. The van der Waals surface area contributed by atoms with Gasteiger partial charge >= 0.3 is 0 Å². The minimum Gasteiger partial charge on any atom is -0.507 e. The fourth-order valence-electron chi connectivity index (χ4n) is 2.82. The molecular formula is C20H16N2O. The number of aryl methyl sites for hydroxylation is 1. The first-order chi connectivity index (χ1) is 11.2. The van der Waals surface area contributed by atoms with Gasteiger partial charge < -0.3 is 5.11 Å². The third-order valence-electron chi connectivity index (χ3n) is 4.02. The summed E-state index contributed by atoms with van der Waals surface area (Å²) >= 11 is 0. The lowest BCUT2D eigenvalue weighted by Gasteiger charge is -2.01. The molecule has 0 amide bonds. The topological polar surface area (TPSA) is 37.5 Å². The van der Waals surface area contributed by atoms with Crippen LogP contribution >= 0.6 is 0 Å². The van der Waals surface area contributed by atoms with E-state index in [9.17, 15) is 5.11 Å². The van der Waals surface area contributed by atoms with E-state index in [4.69, 9.17) is 4.98 Å². The molecule has 3 nitrogen and oxygen atoms in total. The number of fused-ring (bicyclic) bond motifs is 1. The van der Waals surface area contributed by atoms with Gasteiger partial charge in [0.15, 0.2) is 0 Å². The highest BCUT2D eigenvalue weighted by atomic mass is 16.3. The van der Waals surface area contributed by atoms with Crippen molar-refractivity contribution in [1.29, 1.82) is 0 Å². The van der Waals surface area contributed by atoms with Crippen molar-refractivity contribution in [2.24, 2.45) is 0 Å². The molecule has 0 aliphatic carbocycles. The summed E-state index contributed by atoms with van der Waals surface area (Å²) in [6.07, 6.45) is 2.00. The fourth-order valence-corrected chi connectivity index (χ4v) is 2.82. The summed E-state index contributed by atoms with van der Waals surface area (Å²) in [6.45, 7) is 2.07. The highest BCUT2D eigenvalue weighted by Gasteiger charge is 2.15. The van der Waals surface area contributed by atoms with E-state index in [1.165, 1.54) is 5.56 Å². The number of benzene rings is 2. The first-order valence-electron chi connectivity index (χ1n) is 7.56. The van der Waals surface area contributed by atoms with Crippen LogP contribution in [0.1, 0.15) is 5.56 Å². The third-order valence-corrected chi connectivity index (χ3v) is 4.02. The van der Waals surface area contributed by atoms with Crippen LogP contribution in [0.2, 0.25) is 0 Å². The van der Waals surface area contributed by atoms with Gasteiger partial charge in [-0.3, -0.25) is 4.40 Å². The molecule has 0 bridgehead atoms. The predicted molar refractivity (Wildman–Crippen MR) is 92.5 cm³/mol. The van der Waals surface area contributed by atoms with Gasteiger partial charge in [0.05, 0.1) is 5.52 Å². The number of phenols is 1. The summed E-state index contributed by atoms with van der Waals surface area (Å²) in [5, 5.41) is 10.2. The van der Waals surface area contributed by atoms with Crippen LogP contribution in [-0.4, -0.2) is 14.5 Å². The van der Waals surface area contributed by atoms with Crippen LogP contribution in [0.15, 0.2) is 72.9 Å². The second kappa shape index (κ2) is 5.29. The highest BCUT2D eigenvalue weighted by molar-refractivity contribution is 5.84. The van der Waals surface area contributed by atoms with Crippen LogP contribution in [-0.2, 0) is 0 Å². The van der Waals surface area contributed by atoms with Gasteiger partial charge in [-0.05, 0) is 31.2 Å². The molecule has 0 saturated carbocycles. The lowest BCUT2D eigenvalue weighted by molar-refractivity contribution is 0.477. The van der Waals surface area contributed by atoms with Crippen molar-refractivity contribution < 1.29 is 5.11 Å². The summed E-state index contributed by atoms with van der Waals surface area (Å²) < 4.78 is 2.06. The van der Waals surface area contributed by atoms with E-state index in [0.717, 1.165) is 28.2 Å². The van der Waals surface area contributed by atoms with Crippen molar-refractivity contribution in [3.8, 4) is 28.4 Å². The molecule has 0 spiro atoms. The number of aromatic hydroxyl groups is 1. The predicted octanol–water partition coefficient (Wildman–Crippen LogP) is 4.68. The summed E-state index contributed by atoms with van der Waals surface area (Å²) in [6, 6.07) is 21.6. The zero-order valence-electron chi connectivity index (χ0n) is 12.8. The van der Waals surface area contributed by atoms with E-state index in [0.29, 0.717) is 0 Å². The fraction of sp³-hybridized carbons (Fsp3) is 0.0500. The maximum absolute atomic E-state index is 10.2. The summed E-state index contributed by atoms with van der Waals surface area (Å²) in [5.74, 6) is 1.12. The van der Waals surface area contributed by atoms with E-state index in [-0.39, 0.29) is 5.75 Å². The van der Waals surface area contributed by atoms with E-state index in [2.05, 4.69) is 35.6 Å². The Kier molecular flexibility index (Phi) is 3.12. The quantitative estimate of drug-likeness (QED) is 0.583. The number of nitrogens with zero attached hydrogens (tertiary/aromatic N) is 2. The van der Waals surface area contributed by atoms with Gasteiger partial charge in [-0.25, -0.2) is 4.98 Å². The molecule has 2 heterocycles. The number of aromatic nitrogens is 2. The molecule has 0 atom stereocenters. The maximum atomic E-state index is 10.2. The summed E-state index contributed by atoms with van der Waals surface area (Å²) in [7, 11) is 0. The van der Waals surface area contributed by atoms with Crippen LogP contribution in [0.5, 0.6) is 5.75 Å². The van der Waals surface area contributed by atoms with Crippen molar-refractivity contribution in [2.45, 2.75) is 6.92 Å². The van der Waals surface area contributed by atoms with Gasteiger partial charge in [0.1, 0.15) is 17.3 Å². The van der Waals surface area contributed by atoms with E-state index >= 15 is 0 Å². The zero-order chi connectivity index (χ0) is 15.8. The Morgan fingerprint density at radius 2 is 1.61 bits per heavy atom. The van der Waals surface area contributed by atoms with E-state index in [1.807, 2.05) is 42.6 Å². The van der Waals surface area contributed by atoms with Gasteiger partial charge in [0, 0.05) is 17.3 Å². The molecular weight excluding hydrogens is 284 g/mol. The molecule has 0 saturated heterocycles. The lowest BCUT2D eigenvalue weighted by Crippen LogP contribution is -1.88.